The molecule has 5 heteroatoms. The molecule has 0 spiro atoms. The molecule has 4 atom stereocenters. The molecule has 0 bridgehead atoms. The van der Waals surface area contributed by atoms with Crippen molar-refractivity contribution in [2.75, 3.05) is 26.7 Å². The summed E-state index contributed by atoms with van der Waals surface area (Å²) in [6, 6.07) is 7.41. The summed E-state index contributed by atoms with van der Waals surface area (Å²) in [4.78, 5) is 16.0. The lowest BCUT2D eigenvalue weighted by Crippen LogP contribution is -2.50. The largest absolute Gasteiger partial charge is 0.343 e. The molecule has 0 unspecified atom stereocenters. The highest BCUT2D eigenvalue weighted by molar-refractivity contribution is 5.73. The van der Waals surface area contributed by atoms with Gasteiger partial charge in [-0.25, -0.2) is 4.39 Å². The predicted octanol–water partition coefficient (Wildman–Crippen LogP) is 3.05. The summed E-state index contributed by atoms with van der Waals surface area (Å²) < 4.78 is 13.1. The molecule has 1 aliphatic heterocycles. The van der Waals surface area contributed by atoms with Crippen molar-refractivity contribution in [1.29, 1.82) is 0 Å². The Hall–Kier alpha value is -1.46. The van der Waals surface area contributed by atoms with Crippen LogP contribution in [0.5, 0.6) is 0 Å². The van der Waals surface area contributed by atoms with Crippen molar-refractivity contribution in [2.24, 2.45) is 17.6 Å². The second kappa shape index (κ2) is 9.16. The van der Waals surface area contributed by atoms with E-state index in [1.165, 1.54) is 18.4 Å². The quantitative estimate of drug-likeness (QED) is 0.861. The van der Waals surface area contributed by atoms with Gasteiger partial charge in [0, 0.05) is 39.1 Å². The second-order valence-corrected chi connectivity index (χ2v) is 8.62. The number of amides is 1. The first kappa shape index (κ1) is 20.3. The molecule has 2 fully saturated rings. The van der Waals surface area contributed by atoms with Crippen molar-refractivity contribution in [3.05, 3.63) is 35.6 Å². The standard InChI is InChI=1S/C22H34FN3O/c1-16(27)25(2)21-10-7-19(22(24)13-21)15-26-11-3-4-18(14-26)12-17-5-8-20(23)9-6-17/h5-6,8-9,18-19,21-22H,3-4,7,10-15,24H2,1-2H3/t18-,19-,21+,22+/m0/s1. The number of carbonyl (C=O) groups excluding carboxylic acids is 1. The molecule has 4 nitrogen and oxygen atoms in total. The molecule has 1 heterocycles. The number of likely N-dealkylation sites (tertiary alicyclic amines) is 1. The van der Waals surface area contributed by atoms with Crippen LogP contribution in [-0.4, -0.2) is 54.5 Å². The van der Waals surface area contributed by atoms with Gasteiger partial charge < -0.3 is 15.5 Å². The van der Waals surface area contributed by atoms with Crippen molar-refractivity contribution >= 4 is 5.91 Å². The van der Waals surface area contributed by atoms with Crippen LogP contribution in [0.1, 0.15) is 44.6 Å². The number of nitrogens with zero attached hydrogens (tertiary/aromatic N) is 2. The Labute approximate surface area is 162 Å². The molecule has 1 aromatic carbocycles. The summed E-state index contributed by atoms with van der Waals surface area (Å²) in [6.45, 7) is 4.96. The number of rotatable bonds is 5. The maximum atomic E-state index is 13.1. The lowest BCUT2D eigenvalue weighted by atomic mass is 9.80. The Morgan fingerprint density at radius 1 is 1.26 bits per heavy atom. The summed E-state index contributed by atoms with van der Waals surface area (Å²) in [5.41, 5.74) is 7.73. The van der Waals surface area contributed by atoms with Crippen molar-refractivity contribution < 1.29 is 9.18 Å². The van der Waals surface area contributed by atoms with Crippen molar-refractivity contribution in [3.8, 4) is 0 Å². The highest BCUT2D eigenvalue weighted by atomic mass is 19.1. The highest BCUT2D eigenvalue weighted by Gasteiger charge is 2.32. The third-order valence-electron chi connectivity index (χ3n) is 6.60. The molecule has 1 aliphatic carbocycles. The molecule has 1 saturated carbocycles. The Kier molecular flexibility index (Phi) is 6.88. The molecule has 0 aromatic heterocycles. The number of halogens is 1. The summed E-state index contributed by atoms with van der Waals surface area (Å²) >= 11 is 0. The lowest BCUT2D eigenvalue weighted by molar-refractivity contribution is -0.130. The third-order valence-corrected chi connectivity index (χ3v) is 6.60. The molecule has 1 aromatic rings. The number of piperidine rings is 1. The van der Waals surface area contributed by atoms with Gasteiger partial charge in [0.25, 0.3) is 0 Å². The Balaban J connectivity index is 1.49. The predicted molar refractivity (Wildman–Crippen MR) is 107 cm³/mol. The SMILES string of the molecule is CC(=O)N(C)[C@@H]1CC[C@@H](CN2CCC[C@@H](Cc3ccc(F)cc3)C2)[C@H](N)C1. The molecule has 2 N–H and O–H groups in total. The maximum absolute atomic E-state index is 13.1. The Morgan fingerprint density at radius 3 is 2.67 bits per heavy atom. The second-order valence-electron chi connectivity index (χ2n) is 8.62. The summed E-state index contributed by atoms with van der Waals surface area (Å²) in [5, 5.41) is 0. The van der Waals surface area contributed by atoms with Crippen LogP contribution in [0.4, 0.5) is 4.39 Å². The topological polar surface area (TPSA) is 49.6 Å². The van der Waals surface area contributed by atoms with E-state index in [0.717, 1.165) is 45.3 Å². The van der Waals surface area contributed by atoms with E-state index in [1.807, 2.05) is 24.1 Å². The Bertz CT molecular complexity index is 620. The van der Waals surface area contributed by atoms with E-state index < -0.39 is 0 Å². The van der Waals surface area contributed by atoms with Crippen LogP contribution in [0, 0.1) is 17.7 Å². The van der Waals surface area contributed by atoms with Gasteiger partial charge in [-0.3, -0.25) is 4.79 Å². The smallest absolute Gasteiger partial charge is 0.219 e. The summed E-state index contributed by atoms with van der Waals surface area (Å²) in [6.07, 6.45) is 6.57. The van der Waals surface area contributed by atoms with Crippen LogP contribution < -0.4 is 5.73 Å². The van der Waals surface area contributed by atoms with Gasteiger partial charge in [0.15, 0.2) is 0 Å². The van der Waals surface area contributed by atoms with Crippen LogP contribution in [-0.2, 0) is 11.2 Å². The van der Waals surface area contributed by atoms with Crippen LogP contribution in [0.25, 0.3) is 0 Å². The van der Waals surface area contributed by atoms with Crippen LogP contribution in [0.3, 0.4) is 0 Å². The van der Waals surface area contributed by atoms with Gasteiger partial charge in [0.2, 0.25) is 5.91 Å². The molecule has 0 radical (unpaired) electrons. The van der Waals surface area contributed by atoms with E-state index in [9.17, 15) is 9.18 Å². The third kappa shape index (κ3) is 5.52. The average Bonchev–Trinajstić information content (AvgIpc) is 2.65. The minimum Gasteiger partial charge on any atom is -0.343 e. The fraction of sp³-hybridized carbons (Fsp3) is 0.682. The van der Waals surface area contributed by atoms with Crippen LogP contribution in [0.2, 0.25) is 0 Å². The highest BCUT2D eigenvalue weighted by Crippen LogP contribution is 2.29. The fourth-order valence-corrected chi connectivity index (χ4v) is 4.85. The lowest BCUT2D eigenvalue weighted by Gasteiger charge is -2.41. The van der Waals surface area contributed by atoms with Gasteiger partial charge in [-0.2, -0.15) is 0 Å². The molecule has 1 amide bonds. The Morgan fingerprint density at radius 2 is 2.00 bits per heavy atom. The average molecular weight is 376 g/mol. The minimum absolute atomic E-state index is 0.130. The van der Waals surface area contributed by atoms with Crippen molar-refractivity contribution in [1.82, 2.24) is 9.80 Å². The zero-order valence-corrected chi connectivity index (χ0v) is 16.7. The number of hydrogen-bond acceptors (Lipinski definition) is 3. The van der Waals surface area contributed by atoms with Crippen molar-refractivity contribution in [2.45, 2.75) is 57.5 Å². The first-order chi connectivity index (χ1) is 12.9. The van der Waals surface area contributed by atoms with Gasteiger partial charge in [-0.05, 0) is 74.6 Å². The summed E-state index contributed by atoms with van der Waals surface area (Å²) in [5.74, 6) is 1.13. The van der Waals surface area contributed by atoms with E-state index >= 15 is 0 Å². The molecule has 2 aliphatic rings. The van der Waals surface area contributed by atoms with E-state index in [-0.39, 0.29) is 17.8 Å². The van der Waals surface area contributed by atoms with Crippen LogP contribution in [0.15, 0.2) is 24.3 Å². The molecule has 27 heavy (non-hydrogen) atoms. The maximum Gasteiger partial charge on any atom is 0.219 e. The number of hydrogen-bond donors (Lipinski definition) is 1. The number of nitrogens with two attached hydrogens (primary N) is 1. The summed E-state index contributed by atoms with van der Waals surface area (Å²) in [7, 11) is 1.89. The van der Waals surface area contributed by atoms with E-state index in [4.69, 9.17) is 5.73 Å². The molecular formula is C22H34FN3O. The molecule has 150 valence electrons. The first-order valence-electron chi connectivity index (χ1n) is 10.4. The zero-order valence-electron chi connectivity index (χ0n) is 16.7. The molecular weight excluding hydrogens is 341 g/mol. The monoisotopic (exact) mass is 375 g/mol. The zero-order chi connectivity index (χ0) is 19.4. The molecule has 1 saturated heterocycles. The number of carbonyl (C=O) groups is 1. The van der Waals surface area contributed by atoms with Crippen molar-refractivity contribution in [3.63, 3.8) is 0 Å². The van der Waals surface area contributed by atoms with Gasteiger partial charge in [-0.1, -0.05) is 12.1 Å². The van der Waals surface area contributed by atoms with Gasteiger partial charge >= 0.3 is 0 Å². The van der Waals surface area contributed by atoms with E-state index in [2.05, 4.69) is 4.90 Å². The molecule has 3 rings (SSSR count). The van der Waals surface area contributed by atoms with E-state index in [0.29, 0.717) is 17.9 Å². The fourth-order valence-electron chi connectivity index (χ4n) is 4.85. The normalized spacial score (nSPS) is 29.5. The minimum atomic E-state index is -0.163. The van der Waals surface area contributed by atoms with Gasteiger partial charge in [0.05, 0.1) is 0 Å². The van der Waals surface area contributed by atoms with Gasteiger partial charge in [0.1, 0.15) is 5.82 Å². The van der Waals surface area contributed by atoms with E-state index in [1.54, 1.807) is 19.1 Å². The first-order valence-corrected chi connectivity index (χ1v) is 10.4. The van der Waals surface area contributed by atoms with Gasteiger partial charge in [-0.15, -0.1) is 0 Å². The van der Waals surface area contributed by atoms with Crippen LogP contribution >= 0.6 is 0 Å². The number of benzene rings is 1.